The summed E-state index contributed by atoms with van der Waals surface area (Å²) in [4.78, 5) is 22.5. The zero-order valence-electron chi connectivity index (χ0n) is 21.5. The predicted molar refractivity (Wildman–Crippen MR) is 149 cm³/mol. The summed E-state index contributed by atoms with van der Waals surface area (Å²) in [5, 5.41) is 18.9. The van der Waals surface area contributed by atoms with Crippen LogP contribution in [0.3, 0.4) is 0 Å². The minimum Gasteiger partial charge on any atom is -0.369 e. The Bertz CT molecular complexity index is 1470. The van der Waals surface area contributed by atoms with Crippen LogP contribution in [-0.4, -0.2) is 35.5 Å². The number of carbonyl (C=O) groups is 1. The van der Waals surface area contributed by atoms with Crippen molar-refractivity contribution in [3.63, 3.8) is 0 Å². The van der Waals surface area contributed by atoms with E-state index < -0.39 is 0 Å². The van der Waals surface area contributed by atoms with Gasteiger partial charge in [-0.05, 0) is 54.4 Å². The number of aromatic nitrogens is 2. The topological polar surface area (TPSA) is 129 Å². The molecule has 2 aromatic carbocycles. The van der Waals surface area contributed by atoms with Gasteiger partial charge in [-0.1, -0.05) is 36.4 Å². The fourth-order valence-corrected chi connectivity index (χ4v) is 4.06. The summed E-state index contributed by atoms with van der Waals surface area (Å²) in [6, 6.07) is 24.8. The van der Waals surface area contributed by atoms with Crippen molar-refractivity contribution in [2.75, 3.05) is 25.0 Å². The molecule has 0 bridgehead atoms. The van der Waals surface area contributed by atoms with Crippen LogP contribution in [0.15, 0.2) is 78.9 Å². The summed E-state index contributed by atoms with van der Waals surface area (Å²) in [5.41, 5.74) is 10.0. The van der Waals surface area contributed by atoms with Crippen LogP contribution in [-0.2, 0) is 19.5 Å². The molecular formula is C30H30FN7O. The molecule has 8 nitrogen and oxygen atoms in total. The van der Waals surface area contributed by atoms with Crippen molar-refractivity contribution in [1.29, 1.82) is 5.26 Å². The van der Waals surface area contributed by atoms with Crippen molar-refractivity contribution in [3.05, 3.63) is 113 Å². The van der Waals surface area contributed by atoms with Gasteiger partial charge in [-0.25, -0.2) is 9.37 Å². The second-order valence-electron chi connectivity index (χ2n) is 8.83. The van der Waals surface area contributed by atoms with Crippen LogP contribution in [0.5, 0.6) is 0 Å². The summed E-state index contributed by atoms with van der Waals surface area (Å²) in [5.74, 6) is -0.236. The third-order valence-electron chi connectivity index (χ3n) is 5.98. The molecule has 0 aliphatic rings. The molecule has 0 saturated carbocycles. The maximum atomic E-state index is 13.6. The number of hydrogen-bond donors (Lipinski definition) is 4. The van der Waals surface area contributed by atoms with Gasteiger partial charge in [0.25, 0.3) is 5.91 Å². The summed E-state index contributed by atoms with van der Waals surface area (Å²) >= 11 is 0. The number of amides is 1. The van der Waals surface area contributed by atoms with E-state index in [1.54, 1.807) is 30.3 Å². The normalized spacial score (nSPS) is 10.6. The Morgan fingerprint density at radius 3 is 2.51 bits per heavy atom. The monoisotopic (exact) mass is 523 g/mol. The van der Waals surface area contributed by atoms with Crippen molar-refractivity contribution < 1.29 is 9.18 Å². The average Bonchev–Trinajstić information content (AvgIpc) is 2.96. The summed E-state index contributed by atoms with van der Waals surface area (Å²) in [7, 11) is 0. The Labute approximate surface area is 227 Å². The minimum absolute atomic E-state index is 0.241. The minimum atomic E-state index is -0.315. The first-order valence-corrected chi connectivity index (χ1v) is 12.7. The molecule has 5 N–H and O–H groups in total. The van der Waals surface area contributed by atoms with E-state index in [-0.39, 0.29) is 18.3 Å². The van der Waals surface area contributed by atoms with Gasteiger partial charge in [-0.15, -0.1) is 0 Å². The van der Waals surface area contributed by atoms with E-state index in [9.17, 15) is 14.4 Å². The summed E-state index contributed by atoms with van der Waals surface area (Å²) in [6.07, 6.45) is 0.536. The third-order valence-corrected chi connectivity index (χ3v) is 5.98. The van der Waals surface area contributed by atoms with Crippen LogP contribution in [0.2, 0.25) is 0 Å². The number of benzene rings is 2. The highest BCUT2D eigenvalue weighted by Crippen LogP contribution is 2.25. The molecule has 0 aliphatic heterocycles. The van der Waals surface area contributed by atoms with Crippen molar-refractivity contribution in [2.45, 2.75) is 19.5 Å². The average molecular weight is 524 g/mol. The molecule has 2 aromatic heterocycles. The van der Waals surface area contributed by atoms with Crippen LogP contribution in [0.1, 0.15) is 32.9 Å². The molecule has 198 valence electrons. The van der Waals surface area contributed by atoms with E-state index in [4.69, 9.17) is 10.7 Å². The fourth-order valence-electron chi connectivity index (χ4n) is 4.06. The highest BCUT2D eigenvalue weighted by atomic mass is 19.1. The lowest BCUT2D eigenvalue weighted by atomic mass is 10.0. The molecule has 0 aliphatic carbocycles. The van der Waals surface area contributed by atoms with Gasteiger partial charge >= 0.3 is 0 Å². The van der Waals surface area contributed by atoms with E-state index in [0.717, 1.165) is 17.0 Å². The Morgan fingerprint density at radius 2 is 1.72 bits per heavy atom. The predicted octanol–water partition coefficient (Wildman–Crippen LogP) is 3.79. The maximum absolute atomic E-state index is 13.6. The largest absolute Gasteiger partial charge is 0.369 e. The zero-order valence-corrected chi connectivity index (χ0v) is 21.5. The number of nitrogens with two attached hydrogens (primary N) is 1. The SMILES string of the molecule is N#Cc1ccccc1-c1ccc(C(=O)NCc2cccc(CNCCN)n2)c(NCCc2cccc(F)c2)n1. The summed E-state index contributed by atoms with van der Waals surface area (Å²) in [6.45, 7) is 2.50. The second-order valence-corrected chi connectivity index (χ2v) is 8.83. The number of nitrogens with zero attached hydrogens (tertiary/aromatic N) is 3. The third kappa shape index (κ3) is 7.68. The van der Waals surface area contributed by atoms with Crippen LogP contribution in [0.4, 0.5) is 10.2 Å². The van der Waals surface area contributed by atoms with Crippen molar-refractivity contribution in [2.24, 2.45) is 5.73 Å². The molecule has 0 unspecified atom stereocenters. The van der Waals surface area contributed by atoms with Crippen LogP contribution in [0.25, 0.3) is 11.3 Å². The van der Waals surface area contributed by atoms with Gasteiger partial charge in [0.1, 0.15) is 11.6 Å². The summed E-state index contributed by atoms with van der Waals surface area (Å²) < 4.78 is 13.6. The second kappa shape index (κ2) is 13.8. The number of hydrogen-bond acceptors (Lipinski definition) is 7. The molecule has 4 aromatic rings. The maximum Gasteiger partial charge on any atom is 0.255 e. The van der Waals surface area contributed by atoms with E-state index in [2.05, 4.69) is 27.0 Å². The number of pyridine rings is 2. The standard InChI is InChI=1S/C30H30FN7O/c31-23-7-3-5-21(17-23)13-15-35-29-27(11-12-28(38-29)26-10-2-1-6-22(26)18-33)30(39)36-20-25-9-4-8-24(37-25)19-34-16-14-32/h1-12,17,34H,13-16,19-20,32H2,(H,35,38)(H,36,39). The Balaban J connectivity index is 1.52. The molecule has 9 heteroatoms. The van der Waals surface area contributed by atoms with Gasteiger partial charge in [0.05, 0.1) is 40.8 Å². The quantitative estimate of drug-likeness (QED) is 0.208. The Kier molecular flexibility index (Phi) is 9.67. The fraction of sp³-hybridized carbons (Fsp3) is 0.200. The molecule has 0 saturated heterocycles. The molecule has 0 atom stereocenters. The number of rotatable bonds is 12. The molecule has 1 amide bonds. The lowest BCUT2D eigenvalue weighted by Gasteiger charge is -2.14. The van der Waals surface area contributed by atoms with Crippen molar-refractivity contribution >= 4 is 11.7 Å². The molecule has 39 heavy (non-hydrogen) atoms. The lowest BCUT2D eigenvalue weighted by molar-refractivity contribution is 0.0951. The first kappa shape index (κ1) is 27.4. The highest BCUT2D eigenvalue weighted by Gasteiger charge is 2.16. The van der Waals surface area contributed by atoms with Gasteiger partial charge in [0.15, 0.2) is 0 Å². The molecule has 0 spiro atoms. The van der Waals surface area contributed by atoms with E-state index in [0.29, 0.717) is 60.8 Å². The number of nitrogens with one attached hydrogen (secondary N) is 3. The van der Waals surface area contributed by atoms with Crippen LogP contribution < -0.4 is 21.7 Å². The smallest absolute Gasteiger partial charge is 0.255 e. The van der Waals surface area contributed by atoms with Gasteiger partial charge in [0, 0.05) is 31.7 Å². The van der Waals surface area contributed by atoms with Gasteiger partial charge in [-0.2, -0.15) is 5.26 Å². The Morgan fingerprint density at radius 1 is 0.923 bits per heavy atom. The number of halogens is 1. The number of carbonyl (C=O) groups excluding carboxylic acids is 1. The van der Waals surface area contributed by atoms with Crippen molar-refractivity contribution in [3.8, 4) is 17.3 Å². The first-order valence-electron chi connectivity index (χ1n) is 12.7. The van der Waals surface area contributed by atoms with Gasteiger partial charge < -0.3 is 21.7 Å². The zero-order chi connectivity index (χ0) is 27.5. The Hall–Kier alpha value is -4.65. The van der Waals surface area contributed by atoms with E-state index in [1.807, 2.05) is 36.4 Å². The molecular weight excluding hydrogens is 493 g/mol. The number of nitriles is 1. The molecule has 2 heterocycles. The molecule has 0 radical (unpaired) electrons. The van der Waals surface area contributed by atoms with Crippen LogP contribution in [0, 0.1) is 17.1 Å². The highest BCUT2D eigenvalue weighted by molar-refractivity contribution is 5.99. The molecule has 0 fully saturated rings. The van der Waals surface area contributed by atoms with E-state index >= 15 is 0 Å². The van der Waals surface area contributed by atoms with E-state index in [1.165, 1.54) is 12.1 Å². The number of anilines is 1. The van der Waals surface area contributed by atoms with Gasteiger partial charge in [0.2, 0.25) is 0 Å². The first-order chi connectivity index (χ1) is 19.1. The van der Waals surface area contributed by atoms with Gasteiger partial charge in [-0.3, -0.25) is 9.78 Å². The molecule has 4 rings (SSSR count). The van der Waals surface area contributed by atoms with Crippen molar-refractivity contribution in [1.82, 2.24) is 20.6 Å². The lowest BCUT2D eigenvalue weighted by Crippen LogP contribution is -2.26. The van der Waals surface area contributed by atoms with Crippen LogP contribution >= 0.6 is 0 Å².